The zero-order valence-electron chi connectivity index (χ0n) is 17.8. The second-order valence-corrected chi connectivity index (χ2v) is 9.76. The van der Waals surface area contributed by atoms with Crippen molar-refractivity contribution in [3.8, 4) is 0 Å². The van der Waals surface area contributed by atoms with Gasteiger partial charge in [0.05, 0.1) is 21.6 Å². The first kappa shape index (κ1) is 20.4. The summed E-state index contributed by atoms with van der Waals surface area (Å²) in [6.45, 7) is 5.48. The van der Waals surface area contributed by atoms with Crippen molar-refractivity contribution in [3.63, 3.8) is 0 Å². The molecular formula is C22H24N6OS2. The molecule has 0 bridgehead atoms. The molecule has 1 fully saturated rings. The smallest absolute Gasteiger partial charge is 0.253 e. The Bertz CT molecular complexity index is 1240. The molecule has 4 aromatic rings. The summed E-state index contributed by atoms with van der Waals surface area (Å²) in [5.41, 5.74) is 3.81. The van der Waals surface area contributed by atoms with Gasteiger partial charge in [0.15, 0.2) is 0 Å². The fraction of sp³-hybridized carbons (Fsp3) is 0.409. The Morgan fingerprint density at radius 3 is 2.68 bits per heavy atom. The minimum absolute atomic E-state index is 0.153. The summed E-state index contributed by atoms with van der Waals surface area (Å²) in [4.78, 5) is 28.9. The van der Waals surface area contributed by atoms with Crippen LogP contribution in [0.2, 0.25) is 0 Å². The van der Waals surface area contributed by atoms with Crippen LogP contribution < -0.4 is 0 Å². The van der Waals surface area contributed by atoms with Gasteiger partial charge in [-0.1, -0.05) is 23.9 Å². The molecule has 0 saturated carbocycles. The van der Waals surface area contributed by atoms with Gasteiger partial charge in [-0.3, -0.25) is 4.79 Å². The Morgan fingerprint density at radius 2 is 1.94 bits per heavy atom. The molecule has 1 aliphatic rings. The summed E-state index contributed by atoms with van der Waals surface area (Å²) in [5.74, 6) is 1.18. The van der Waals surface area contributed by atoms with Gasteiger partial charge in [0, 0.05) is 36.0 Å². The predicted molar refractivity (Wildman–Crippen MR) is 124 cm³/mol. The van der Waals surface area contributed by atoms with Crippen molar-refractivity contribution in [1.82, 2.24) is 29.5 Å². The first-order valence-corrected chi connectivity index (χ1v) is 12.5. The van der Waals surface area contributed by atoms with Gasteiger partial charge < -0.3 is 4.90 Å². The molecule has 0 unspecified atom stereocenters. The van der Waals surface area contributed by atoms with Crippen LogP contribution in [0.4, 0.5) is 0 Å². The Morgan fingerprint density at radius 1 is 1.16 bits per heavy atom. The summed E-state index contributed by atoms with van der Waals surface area (Å²) < 4.78 is 2.99. The van der Waals surface area contributed by atoms with Gasteiger partial charge in [-0.25, -0.2) is 14.5 Å². The van der Waals surface area contributed by atoms with E-state index in [-0.39, 0.29) is 5.91 Å². The number of rotatable bonds is 4. The van der Waals surface area contributed by atoms with Gasteiger partial charge in [-0.15, -0.1) is 16.4 Å². The minimum atomic E-state index is 0.153. The monoisotopic (exact) mass is 452 g/mol. The summed E-state index contributed by atoms with van der Waals surface area (Å²) in [7, 11) is 0. The number of carbonyl (C=O) groups excluding carboxylic acids is 1. The topological polar surface area (TPSA) is 76.3 Å². The van der Waals surface area contributed by atoms with E-state index in [1.807, 2.05) is 31.1 Å². The molecule has 160 valence electrons. The van der Waals surface area contributed by atoms with E-state index >= 15 is 0 Å². The van der Waals surface area contributed by atoms with Crippen LogP contribution in [0.25, 0.3) is 16.0 Å². The number of benzene rings is 1. The Balaban J connectivity index is 1.28. The van der Waals surface area contributed by atoms with Crippen LogP contribution in [0.5, 0.6) is 0 Å². The third-order valence-corrected chi connectivity index (χ3v) is 7.78. The fourth-order valence-electron chi connectivity index (χ4n) is 4.24. The lowest BCUT2D eigenvalue weighted by Crippen LogP contribution is -2.39. The summed E-state index contributed by atoms with van der Waals surface area (Å²) in [6.07, 6.45) is 4.21. The number of aromatic nitrogens is 5. The van der Waals surface area contributed by atoms with Crippen molar-refractivity contribution in [3.05, 3.63) is 46.2 Å². The van der Waals surface area contributed by atoms with E-state index < -0.39 is 0 Å². The van der Waals surface area contributed by atoms with Crippen molar-refractivity contribution >= 4 is 45.0 Å². The van der Waals surface area contributed by atoms with Crippen LogP contribution in [0.1, 0.15) is 40.7 Å². The van der Waals surface area contributed by atoms with Crippen LogP contribution >= 0.6 is 23.1 Å². The van der Waals surface area contributed by atoms with Crippen molar-refractivity contribution in [2.24, 2.45) is 0 Å². The SMILES string of the molecule is CSc1nc2nc(C)c(CC(=O)N3CCC(c4nc5ccccc5s4)CC3)c(C)n2n1. The highest BCUT2D eigenvalue weighted by molar-refractivity contribution is 7.98. The molecule has 0 aliphatic carbocycles. The van der Waals surface area contributed by atoms with Crippen LogP contribution in [-0.4, -0.2) is 54.7 Å². The highest BCUT2D eigenvalue weighted by Crippen LogP contribution is 2.34. The molecule has 4 heterocycles. The molecule has 1 saturated heterocycles. The number of likely N-dealkylation sites (tertiary alicyclic amines) is 1. The number of para-hydroxylation sites is 1. The zero-order valence-corrected chi connectivity index (χ0v) is 19.5. The van der Waals surface area contributed by atoms with E-state index in [2.05, 4.69) is 33.3 Å². The highest BCUT2D eigenvalue weighted by atomic mass is 32.2. The highest BCUT2D eigenvalue weighted by Gasteiger charge is 2.27. The molecular weight excluding hydrogens is 428 g/mol. The van der Waals surface area contributed by atoms with Crippen molar-refractivity contribution < 1.29 is 4.79 Å². The molecule has 1 aromatic carbocycles. The molecule has 7 nitrogen and oxygen atoms in total. The Kier molecular flexibility index (Phi) is 5.39. The molecule has 0 radical (unpaired) electrons. The van der Waals surface area contributed by atoms with Gasteiger partial charge in [0.2, 0.25) is 11.1 Å². The van der Waals surface area contributed by atoms with Gasteiger partial charge in [-0.2, -0.15) is 4.98 Å². The number of hydrogen-bond acceptors (Lipinski definition) is 7. The van der Waals surface area contributed by atoms with Crippen LogP contribution in [0, 0.1) is 13.8 Å². The molecule has 0 N–H and O–H groups in total. The van der Waals surface area contributed by atoms with Crippen molar-refractivity contribution in [2.75, 3.05) is 19.3 Å². The quantitative estimate of drug-likeness (QED) is 0.435. The van der Waals surface area contributed by atoms with Gasteiger partial charge in [-0.05, 0) is 45.1 Å². The van der Waals surface area contributed by atoms with Gasteiger partial charge in [0.25, 0.3) is 5.78 Å². The van der Waals surface area contributed by atoms with Gasteiger partial charge in [0.1, 0.15) is 0 Å². The summed E-state index contributed by atoms with van der Waals surface area (Å²) in [6, 6.07) is 8.29. The molecule has 1 amide bonds. The largest absolute Gasteiger partial charge is 0.342 e. The number of carbonyl (C=O) groups is 1. The van der Waals surface area contributed by atoms with E-state index in [4.69, 9.17) is 4.98 Å². The lowest BCUT2D eigenvalue weighted by Gasteiger charge is -2.31. The zero-order chi connectivity index (χ0) is 21.5. The van der Waals surface area contributed by atoms with Crippen molar-refractivity contribution in [1.29, 1.82) is 0 Å². The summed E-state index contributed by atoms with van der Waals surface area (Å²) >= 11 is 3.27. The summed E-state index contributed by atoms with van der Waals surface area (Å²) in [5, 5.41) is 6.38. The maximum absolute atomic E-state index is 13.1. The number of fused-ring (bicyclic) bond motifs is 2. The second kappa shape index (κ2) is 8.20. The van der Waals surface area contributed by atoms with Crippen molar-refractivity contribution in [2.45, 2.75) is 44.2 Å². The van der Waals surface area contributed by atoms with Crippen LogP contribution in [-0.2, 0) is 11.2 Å². The number of aryl methyl sites for hydroxylation is 2. The molecule has 0 atom stereocenters. The average molecular weight is 453 g/mol. The lowest BCUT2D eigenvalue weighted by atomic mass is 9.97. The lowest BCUT2D eigenvalue weighted by molar-refractivity contribution is -0.131. The van der Waals surface area contributed by atoms with Gasteiger partial charge >= 0.3 is 0 Å². The van der Waals surface area contributed by atoms with Crippen LogP contribution in [0.15, 0.2) is 29.4 Å². The molecule has 1 aliphatic heterocycles. The Labute approximate surface area is 188 Å². The van der Waals surface area contributed by atoms with Crippen LogP contribution in [0.3, 0.4) is 0 Å². The maximum atomic E-state index is 13.1. The maximum Gasteiger partial charge on any atom is 0.253 e. The normalized spacial score (nSPS) is 15.3. The molecule has 0 spiro atoms. The fourth-order valence-corrected chi connectivity index (χ4v) is 5.71. The average Bonchev–Trinajstić information content (AvgIpc) is 3.40. The minimum Gasteiger partial charge on any atom is -0.342 e. The number of nitrogens with zero attached hydrogens (tertiary/aromatic N) is 6. The molecule has 31 heavy (non-hydrogen) atoms. The third-order valence-electron chi connectivity index (χ3n) is 6.05. The molecule has 5 rings (SSSR count). The van der Waals surface area contributed by atoms with E-state index in [1.54, 1.807) is 15.9 Å². The Hall–Kier alpha value is -2.52. The van der Waals surface area contributed by atoms with E-state index in [0.717, 1.165) is 48.4 Å². The third kappa shape index (κ3) is 3.80. The predicted octanol–water partition coefficient (Wildman–Crippen LogP) is 4.02. The number of amides is 1. The van der Waals surface area contributed by atoms with E-state index in [1.165, 1.54) is 21.5 Å². The number of piperidine rings is 1. The van der Waals surface area contributed by atoms with E-state index in [0.29, 0.717) is 23.3 Å². The first-order valence-electron chi connectivity index (χ1n) is 10.4. The second-order valence-electron chi connectivity index (χ2n) is 7.92. The first-order chi connectivity index (χ1) is 15.0. The standard InChI is InChI=1S/C22H24N6OS2/c1-13-16(14(2)28-21(23-13)25-22(26-28)30-3)12-19(29)27-10-8-15(9-11-27)20-24-17-6-4-5-7-18(17)31-20/h4-7,15H,8-12H2,1-3H3. The van der Waals surface area contributed by atoms with E-state index in [9.17, 15) is 4.79 Å². The molecule has 3 aromatic heterocycles. The number of thiazole rings is 1. The number of thioether (sulfide) groups is 1. The molecule has 9 heteroatoms. The number of hydrogen-bond donors (Lipinski definition) is 0.